The lowest BCUT2D eigenvalue weighted by Gasteiger charge is -2.34. The number of nitrogens with one attached hydrogen (secondary N) is 1. The fourth-order valence-corrected chi connectivity index (χ4v) is 6.93. The highest BCUT2D eigenvalue weighted by molar-refractivity contribution is 7.92. The molecule has 0 spiro atoms. The molecule has 0 saturated carbocycles. The van der Waals surface area contributed by atoms with E-state index in [0.717, 1.165) is 9.87 Å². The van der Waals surface area contributed by atoms with Gasteiger partial charge in [0.1, 0.15) is 12.6 Å². The van der Waals surface area contributed by atoms with Crippen LogP contribution >= 0.6 is 34.8 Å². The molecule has 11 heteroatoms. The van der Waals surface area contributed by atoms with E-state index >= 15 is 0 Å². The maximum Gasteiger partial charge on any atom is 0.264 e. The average molecular weight is 687 g/mol. The van der Waals surface area contributed by atoms with Crippen LogP contribution in [0.1, 0.15) is 31.4 Å². The second kappa shape index (κ2) is 15.6. The first-order chi connectivity index (χ1) is 21.5. The SMILES string of the molecule is CC[C@@H](C)NC(=O)[C@H](Cc1ccccc1)N(Cc1ccc(Cl)cc1Cl)C(=O)CN(c1ccccc1Cl)S(=O)(=O)c1ccccc1. The predicted octanol–water partition coefficient (Wildman–Crippen LogP) is 7.40. The molecule has 4 aromatic rings. The fourth-order valence-electron chi connectivity index (χ4n) is 4.72. The van der Waals surface area contributed by atoms with Crippen LogP contribution < -0.4 is 9.62 Å². The summed E-state index contributed by atoms with van der Waals surface area (Å²) in [5.74, 6) is -0.998. The molecule has 0 unspecified atom stereocenters. The zero-order valence-corrected chi connectivity index (χ0v) is 28.0. The van der Waals surface area contributed by atoms with Gasteiger partial charge in [0, 0.05) is 29.1 Å². The number of hydrogen-bond acceptors (Lipinski definition) is 4. The van der Waals surface area contributed by atoms with E-state index in [1.807, 2.05) is 44.2 Å². The lowest BCUT2D eigenvalue weighted by molar-refractivity contribution is -0.140. The molecule has 4 aromatic carbocycles. The van der Waals surface area contributed by atoms with E-state index in [1.54, 1.807) is 54.6 Å². The topological polar surface area (TPSA) is 86.8 Å². The molecule has 0 saturated heterocycles. The van der Waals surface area contributed by atoms with E-state index in [2.05, 4.69) is 5.32 Å². The lowest BCUT2D eigenvalue weighted by atomic mass is 10.0. The summed E-state index contributed by atoms with van der Waals surface area (Å²) < 4.78 is 29.1. The molecule has 0 fully saturated rings. The normalized spacial score (nSPS) is 12.6. The van der Waals surface area contributed by atoms with Gasteiger partial charge in [0.15, 0.2) is 0 Å². The summed E-state index contributed by atoms with van der Waals surface area (Å²) in [5.41, 5.74) is 1.49. The minimum absolute atomic E-state index is 0.0136. The minimum Gasteiger partial charge on any atom is -0.352 e. The van der Waals surface area contributed by atoms with E-state index in [1.165, 1.54) is 23.1 Å². The third-order valence-electron chi connectivity index (χ3n) is 7.36. The second-order valence-corrected chi connectivity index (χ2v) is 13.7. The molecule has 1 N–H and O–H groups in total. The zero-order chi connectivity index (χ0) is 32.6. The van der Waals surface area contributed by atoms with Crippen LogP contribution in [0.25, 0.3) is 0 Å². The van der Waals surface area contributed by atoms with Gasteiger partial charge in [0.25, 0.3) is 10.0 Å². The third-order valence-corrected chi connectivity index (χ3v) is 10.0. The van der Waals surface area contributed by atoms with Crippen LogP contribution in [0.3, 0.4) is 0 Å². The molecule has 0 radical (unpaired) electrons. The number of carbonyl (C=O) groups excluding carboxylic acids is 2. The quantitative estimate of drug-likeness (QED) is 0.159. The maximum absolute atomic E-state index is 14.5. The van der Waals surface area contributed by atoms with Crippen molar-refractivity contribution < 1.29 is 18.0 Å². The molecule has 45 heavy (non-hydrogen) atoms. The van der Waals surface area contributed by atoms with Crippen LogP contribution in [-0.2, 0) is 32.6 Å². The van der Waals surface area contributed by atoms with Gasteiger partial charge in [-0.1, -0.05) is 108 Å². The van der Waals surface area contributed by atoms with Crippen molar-refractivity contribution in [3.63, 3.8) is 0 Å². The molecular formula is C34H34Cl3N3O4S. The first-order valence-corrected chi connectivity index (χ1v) is 17.0. The molecule has 2 atom stereocenters. The van der Waals surface area contributed by atoms with Crippen molar-refractivity contribution in [1.29, 1.82) is 0 Å². The molecule has 236 valence electrons. The number of halogens is 3. The monoisotopic (exact) mass is 685 g/mol. The molecule has 0 bridgehead atoms. The Morgan fingerprint density at radius 1 is 0.822 bits per heavy atom. The fraction of sp³-hybridized carbons (Fsp3) is 0.235. The predicted molar refractivity (Wildman–Crippen MR) is 181 cm³/mol. The Bertz CT molecular complexity index is 1720. The summed E-state index contributed by atoms with van der Waals surface area (Å²) in [4.78, 5) is 29.8. The highest BCUT2D eigenvalue weighted by Gasteiger charge is 2.35. The van der Waals surface area contributed by atoms with E-state index < -0.39 is 28.5 Å². The number of para-hydroxylation sites is 1. The molecule has 0 aromatic heterocycles. The Labute approximate surface area is 279 Å². The molecule has 7 nitrogen and oxygen atoms in total. The van der Waals surface area contributed by atoms with Crippen LogP contribution in [-0.4, -0.2) is 43.8 Å². The van der Waals surface area contributed by atoms with Gasteiger partial charge in [-0.15, -0.1) is 0 Å². The van der Waals surface area contributed by atoms with Gasteiger partial charge in [-0.25, -0.2) is 8.42 Å². The largest absolute Gasteiger partial charge is 0.352 e. The Kier molecular flexibility index (Phi) is 11.9. The van der Waals surface area contributed by atoms with Gasteiger partial charge in [-0.05, 0) is 60.9 Å². The summed E-state index contributed by atoms with van der Waals surface area (Å²) in [7, 11) is -4.26. The van der Waals surface area contributed by atoms with Crippen molar-refractivity contribution in [1.82, 2.24) is 10.2 Å². The van der Waals surface area contributed by atoms with Crippen molar-refractivity contribution in [2.45, 2.75) is 50.2 Å². The first kappa shape index (κ1) is 34.3. The van der Waals surface area contributed by atoms with Crippen molar-refractivity contribution in [2.24, 2.45) is 0 Å². The molecule has 2 amide bonds. The molecular weight excluding hydrogens is 653 g/mol. The first-order valence-electron chi connectivity index (χ1n) is 14.4. The molecule has 0 aliphatic carbocycles. The van der Waals surface area contributed by atoms with Gasteiger partial charge in [0.05, 0.1) is 15.6 Å². The molecule has 0 heterocycles. The van der Waals surface area contributed by atoms with Gasteiger partial charge in [-0.3, -0.25) is 13.9 Å². The number of rotatable bonds is 13. The second-order valence-electron chi connectivity index (χ2n) is 10.6. The summed E-state index contributed by atoms with van der Waals surface area (Å²) in [5, 5.41) is 3.87. The van der Waals surface area contributed by atoms with Crippen LogP contribution in [0.4, 0.5) is 5.69 Å². The van der Waals surface area contributed by atoms with Gasteiger partial charge >= 0.3 is 0 Å². The summed E-state index contributed by atoms with van der Waals surface area (Å²) in [6.45, 7) is 3.12. The Morgan fingerprint density at radius 2 is 1.44 bits per heavy atom. The van der Waals surface area contributed by atoms with Crippen molar-refractivity contribution in [3.8, 4) is 0 Å². The Morgan fingerprint density at radius 3 is 2.07 bits per heavy atom. The number of sulfonamides is 1. The van der Waals surface area contributed by atoms with Crippen LogP contribution in [0.5, 0.6) is 0 Å². The highest BCUT2D eigenvalue weighted by atomic mass is 35.5. The maximum atomic E-state index is 14.5. The Balaban J connectivity index is 1.83. The number of hydrogen-bond donors (Lipinski definition) is 1. The summed E-state index contributed by atoms with van der Waals surface area (Å²) in [6, 6.07) is 27.2. The summed E-state index contributed by atoms with van der Waals surface area (Å²) in [6.07, 6.45) is 0.855. The van der Waals surface area contributed by atoms with Crippen molar-refractivity contribution >= 4 is 62.3 Å². The van der Waals surface area contributed by atoms with Gasteiger partial charge in [-0.2, -0.15) is 0 Å². The van der Waals surface area contributed by atoms with Crippen molar-refractivity contribution in [3.05, 3.63) is 129 Å². The highest BCUT2D eigenvalue weighted by Crippen LogP contribution is 2.31. The smallest absolute Gasteiger partial charge is 0.264 e. The molecule has 0 aliphatic heterocycles. The van der Waals surface area contributed by atoms with Crippen molar-refractivity contribution in [2.75, 3.05) is 10.8 Å². The lowest BCUT2D eigenvalue weighted by Crippen LogP contribution is -2.54. The zero-order valence-electron chi connectivity index (χ0n) is 24.9. The van der Waals surface area contributed by atoms with Gasteiger partial charge < -0.3 is 10.2 Å². The number of nitrogens with zero attached hydrogens (tertiary/aromatic N) is 2. The minimum atomic E-state index is -4.26. The van der Waals surface area contributed by atoms with Crippen LogP contribution in [0, 0.1) is 0 Å². The van der Waals surface area contributed by atoms with E-state index in [-0.39, 0.29) is 40.5 Å². The Hall–Kier alpha value is -3.56. The van der Waals surface area contributed by atoms with Crippen LogP contribution in [0.15, 0.2) is 108 Å². The number of anilines is 1. The molecule has 0 aliphatic rings. The summed E-state index contributed by atoms with van der Waals surface area (Å²) >= 11 is 19.2. The van der Waals surface area contributed by atoms with E-state index in [9.17, 15) is 18.0 Å². The van der Waals surface area contributed by atoms with E-state index in [4.69, 9.17) is 34.8 Å². The molecule has 4 rings (SSSR count). The number of carbonyl (C=O) groups is 2. The number of benzene rings is 4. The third kappa shape index (κ3) is 8.79. The van der Waals surface area contributed by atoms with E-state index in [0.29, 0.717) is 22.0 Å². The average Bonchev–Trinajstić information content (AvgIpc) is 3.03. The standard InChI is InChI=1S/C34H34Cl3N3O4S/c1-3-24(2)38-34(42)32(20-25-12-6-4-7-13-25)39(22-26-18-19-27(35)21-30(26)37)33(41)23-40(31-17-11-10-16-29(31)36)45(43,44)28-14-8-5-9-15-28/h4-19,21,24,32H,3,20,22-23H2,1-2H3,(H,38,42)/t24-,32+/m1/s1. The van der Waals surface area contributed by atoms with Crippen LogP contribution in [0.2, 0.25) is 15.1 Å². The van der Waals surface area contributed by atoms with Gasteiger partial charge in [0.2, 0.25) is 11.8 Å². The number of amides is 2.